The van der Waals surface area contributed by atoms with E-state index in [0.717, 1.165) is 0 Å². The van der Waals surface area contributed by atoms with E-state index >= 15 is 0 Å². The zero-order valence-electron chi connectivity index (χ0n) is 17.9. The van der Waals surface area contributed by atoms with Crippen molar-refractivity contribution in [3.05, 3.63) is 67.5 Å². The molecule has 1 atom stereocenters. The molecule has 1 aromatic carbocycles. The molecule has 2 aliphatic rings. The molecule has 168 valence electrons. The molecule has 0 aliphatic carbocycles. The zero-order chi connectivity index (χ0) is 23.5. The third-order valence-electron chi connectivity index (χ3n) is 6.27. The number of benzene rings is 1. The summed E-state index contributed by atoms with van der Waals surface area (Å²) in [5.74, 6) is -1.30. The number of rotatable bonds is 4. The molecule has 3 aromatic rings. The smallest absolute Gasteiger partial charge is 0.355 e. The van der Waals surface area contributed by atoms with Crippen LogP contribution in [0.5, 0.6) is 0 Å². The van der Waals surface area contributed by atoms with Crippen LogP contribution >= 0.6 is 0 Å². The topological polar surface area (TPSA) is 131 Å². The van der Waals surface area contributed by atoms with Gasteiger partial charge in [0.1, 0.15) is 6.61 Å². The summed E-state index contributed by atoms with van der Waals surface area (Å²) in [6.45, 7) is 3.25. The largest absolute Gasteiger partial charge is 0.457 e. The molecule has 33 heavy (non-hydrogen) atoms. The lowest BCUT2D eigenvalue weighted by Crippen LogP contribution is -2.47. The quantitative estimate of drug-likeness (QED) is 0.264. The van der Waals surface area contributed by atoms with Gasteiger partial charge in [-0.1, -0.05) is 19.9 Å². The fourth-order valence-corrected chi connectivity index (χ4v) is 4.57. The Labute approximate surface area is 186 Å². The van der Waals surface area contributed by atoms with Crippen molar-refractivity contribution in [3.63, 3.8) is 0 Å². The van der Waals surface area contributed by atoms with Crippen LogP contribution in [0, 0.1) is 10.1 Å². The standard InChI is InChI=1S/C23H19N3O7/c1-3-19(27)33-23(4-2)15-9-18-20-12(10-25(18)21(28)14(15)11-32-22(23)29)8-13-16(24-20)6-5-7-17(13)26(30)31/h5-9H,3-4,10-11H2,1-2H3/t23-/m0/s1. The molecule has 0 unspecified atom stereocenters. The maximum atomic E-state index is 13.4. The molecule has 0 fully saturated rings. The van der Waals surface area contributed by atoms with Crippen molar-refractivity contribution < 1.29 is 24.0 Å². The van der Waals surface area contributed by atoms with Crippen molar-refractivity contribution in [2.75, 3.05) is 0 Å². The molecule has 2 aliphatic heterocycles. The van der Waals surface area contributed by atoms with E-state index in [0.29, 0.717) is 33.4 Å². The number of fused-ring (bicyclic) bond motifs is 5. The first-order valence-electron chi connectivity index (χ1n) is 10.5. The number of ether oxygens (including phenoxy) is 2. The highest BCUT2D eigenvalue weighted by Gasteiger charge is 2.50. The van der Waals surface area contributed by atoms with Crippen LogP contribution in [0.4, 0.5) is 5.69 Å². The van der Waals surface area contributed by atoms with Crippen LogP contribution in [-0.2, 0) is 37.8 Å². The number of cyclic esters (lactones) is 1. The second-order valence-electron chi connectivity index (χ2n) is 7.99. The van der Waals surface area contributed by atoms with Gasteiger partial charge < -0.3 is 14.0 Å². The first-order valence-corrected chi connectivity index (χ1v) is 10.5. The van der Waals surface area contributed by atoms with E-state index in [1.54, 1.807) is 38.1 Å². The lowest BCUT2D eigenvalue weighted by atomic mass is 9.85. The number of nitrogens with zero attached hydrogens (tertiary/aromatic N) is 3. The van der Waals surface area contributed by atoms with Gasteiger partial charge in [-0.05, 0) is 24.6 Å². The summed E-state index contributed by atoms with van der Waals surface area (Å²) in [5, 5.41) is 11.8. The van der Waals surface area contributed by atoms with Crippen LogP contribution in [0.1, 0.15) is 43.4 Å². The number of hydrogen-bond donors (Lipinski definition) is 0. The Kier molecular flexibility index (Phi) is 4.55. The lowest BCUT2D eigenvalue weighted by molar-refractivity contribution is -0.383. The number of aromatic nitrogens is 2. The Bertz CT molecular complexity index is 1440. The Hall–Kier alpha value is -4.08. The maximum absolute atomic E-state index is 13.4. The fourth-order valence-electron chi connectivity index (χ4n) is 4.57. The van der Waals surface area contributed by atoms with Crippen molar-refractivity contribution in [1.82, 2.24) is 9.55 Å². The average Bonchev–Trinajstić information content (AvgIpc) is 3.17. The monoisotopic (exact) mass is 449 g/mol. The summed E-state index contributed by atoms with van der Waals surface area (Å²) in [4.78, 5) is 54.0. The predicted molar refractivity (Wildman–Crippen MR) is 115 cm³/mol. The van der Waals surface area contributed by atoms with Gasteiger partial charge in [0.05, 0.1) is 39.3 Å². The highest BCUT2D eigenvalue weighted by atomic mass is 16.6. The van der Waals surface area contributed by atoms with Crippen molar-refractivity contribution in [1.29, 1.82) is 0 Å². The van der Waals surface area contributed by atoms with Crippen LogP contribution in [0.25, 0.3) is 22.3 Å². The zero-order valence-corrected chi connectivity index (χ0v) is 17.9. The van der Waals surface area contributed by atoms with E-state index in [1.807, 2.05) is 0 Å². The molecule has 4 heterocycles. The van der Waals surface area contributed by atoms with E-state index in [9.17, 15) is 24.5 Å². The average molecular weight is 449 g/mol. The summed E-state index contributed by atoms with van der Waals surface area (Å²) in [7, 11) is 0. The van der Waals surface area contributed by atoms with Gasteiger partial charge >= 0.3 is 11.9 Å². The van der Waals surface area contributed by atoms with Crippen molar-refractivity contribution >= 4 is 28.5 Å². The Morgan fingerprint density at radius 3 is 2.79 bits per heavy atom. The molecule has 0 bridgehead atoms. The fraction of sp³-hybridized carbons (Fsp3) is 0.304. The van der Waals surface area contributed by atoms with Gasteiger partial charge in [0.25, 0.3) is 11.2 Å². The van der Waals surface area contributed by atoms with Gasteiger partial charge in [-0.3, -0.25) is 19.7 Å². The van der Waals surface area contributed by atoms with E-state index in [2.05, 4.69) is 4.98 Å². The molecule has 10 heteroatoms. The van der Waals surface area contributed by atoms with E-state index in [-0.39, 0.29) is 42.8 Å². The molecule has 0 saturated heterocycles. The molecule has 10 nitrogen and oxygen atoms in total. The molecule has 0 amide bonds. The Morgan fingerprint density at radius 2 is 2.09 bits per heavy atom. The number of esters is 2. The highest BCUT2D eigenvalue weighted by Crippen LogP contribution is 2.41. The molecule has 0 N–H and O–H groups in total. The van der Waals surface area contributed by atoms with Gasteiger partial charge in [-0.15, -0.1) is 0 Å². The number of pyridine rings is 2. The van der Waals surface area contributed by atoms with Gasteiger partial charge in [0, 0.05) is 23.6 Å². The minimum atomic E-state index is -1.71. The number of carbonyl (C=O) groups excluding carboxylic acids is 2. The molecule has 5 rings (SSSR count). The normalized spacial score (nSPS) is 18.3. The Balaban J connectivity index is 1.76. The summed E-state index contributed by atoms with van der Waals surface area (Å²) >= 11 is 0. The third kappa shape index (κ3) is 2.86. The SMILES string of the molecule is CCC(=O)O[C@]1(CC)C(=O)OCc2c1cc1n(c2=O)Cc2cc3c([N+](=O)[O-])cccc3nc2-1. The van der Waals surface area contributed by atoms with Crippen LogP contribution in [0.3, 0.4) is 0 Å². The minimum Gasteiger partial charge on any atom is -0.457 e. The molecule has 0 radical (unpaired) electrons. The van der Waals surface area contributed by atoms with E-state index in [1.165, 1.54) is 10.6 Å². The first-order chi connectivity index (χ1) is 15.8. The van der Waals surface area contributed by atoms with Crippen LogP contribution < -0.4 is 5.56 Å². The minimum absolute atomic E-state index is 0.0590. The highest BCUT2D eigenvalue weighted by molar-refractivity contribution is 5.92. The lowest BCUT2D eigenvalue weighted by Gasteiger charge is -2.35. The maximum Gasteiger partial charge on any atom is 0.355 e. The third-order valence-corrected chi connectivity index (χ3v) is 6.27. The second-order valence-corrected chi connectivity index (χ2v) is 7.99. The molecular formula is C23H19N3O7. The number of nitro groups is 1. The molecule has 0 saturated carbocycles. The van der Waals surface area contributed by atoms with Crippen molar-refractivity contribution in [3.8, 4) is 11.4 Å². The summed E-state index contributed by atoms with van der Waals surface area (Å²) in [6, 6.07) is 7.96. The Morgan fingerprint density at radius 1 is 1.30 bits per heavy atom. The molecular weight excluding hydrogens is 430 g/mol. The number of hydrogen-bond acceptors (Lipinski definition) is 8. The van der Waals surface area contributed by atoms with Gasteiger partial charge in [-0.25, -0.2) is 9.78 Å². The molecule has 0 spiro atoms. The van der Waals surface area contributed by atoms with E-state index in [4.69, 9.17) is 9.47 Å². The summed E-state index contributed by atoms with van der Waals surface area (Å²) < 4.78 is 12.3. The summed E-state index contributed by atoms with van der Waals surface area (Å²) in [5.41, 5.74) is 0.402. The van der Waals surface area contributed by atoms with Crippen LogP contribution in [0.15, 0.2) is 35.1 Å². The predicted octanol–water partition coefficient (Wildman–Crippen LogP) is 2.95. The van der Waals surface area contributed by atoms with Gasteiger partial charge in [0.15, 0.2) is 0 Å². The summed E-state index contributed by atoms with van der Waals surface area (Å²) in [6.07, 6.45) is 0.154. The molecule has 2 aromatic heterocycles. The van der Waals surface area contributed by atoms with Crippen LogP contribution in [-0.4, -0.2) is 26.4 Å². The number of carbonyl (C=O) groups is 2. The van der Waals surface area contributed by atoms with E-state index < -0.39 is 22.5 Å². The first kappa shape index (κ1) is 20.8. The number of non-ortho nitro benzene ring substituents is 1. The second kappa shape index (κ2) is 7.22. The van der Waals surface area contributed by atoms with Gasteiger partial charge in [-0.2, -0.15) is 0 Å². The van der Waals surface area contributed by atoms with Gasteiger partial charge in [0.2, 0.25) is 5.60 Å². The van der Waals surface area contributed by atoms with Crippen molar-refractivity contribution in [2.45, 2.75) is 45.4 Å². The van der Waals surface area contributed by atoms with Crippen molar-refractivity contribution in [2.24, 2.45) is 0 Å². The van der Waals surface area contributed by atoms with Crippen LogP contribution in [0.2, 0.25) is 0 Å². The number of nitro benzene ring substituents is 1.